The van der Waals surface area contributed by atoms with Crippen LogP contribution in [0.3, 0.4) is 0 Å². The Kier molecular flexibility index (Phi) is 6.61. The highest BCUT2D eigenvalue weighted by molar-refractivity contribution is 5.94. The standard InChI is InChI=1S/C24H32N2O2/c1-17(2)28-23-11-7-21(8-12-23)24(27)25-19(4)20-5-9-22(10-6-20)26-15-13-18(3)14-16-26/h5-12,17-19H,13-16H2,1-4H3,(H,25,27)/t19-/m0/s1. The van der Waals surface area contributed by atoms with Gasteiger partial charge in [-0.15, -0.1) is 0 Å². The number of rotatable bonds is 6. The molecule has 0 radical (unpaired) electrons. The summed E-state index contributed by atoms with van der Waals surface area (Å²) in [6.45, 7) is 10.6. The SMILES string of the molecule is CC1CCN(c2ccc([C@H](C)NC(=O)c3ccc(OC(C)C)cc3)cc2)CC1. The van der Waals surface area contributed by atoms with Crippen LogP contribution >= 0.6 is 0 Å². The maximum absolute atomic E-state index is 12.5. The predicted molar refractivity (Wildman–Crippen MR) is 115 cm³/mol. The number of benzene rings is 2. The maximum atomic E-state index is 12.5. The third-order valence-electron chi connectivity index (χ3n) is 5.38. The van der Waals surface area contributed by atoms with Crippen LogP contribution in [0.5, 0.6) is 5.75 Å². The molecule has 2 aromatic carbocycles. The highest BCUT2D eigenvalue weighted by Crippen LogP contribution is 2.25. The molecule has 0 saturated carbocycles. The number of carbonyl (C=O) groups excluding carboxylic acids is 1. The zero-order valence-electron chi connectivity index (χ0n) is 17.4. The molecule has 1 heterocycles. The second kappa shape index (κ2) is 9.13. The Balaban J connectivity index is 1.57. The average molecular weight is 381 g/mol. The number of anilines is 1. The minimum Gasteiger partial charge on any atom is -0.491 e. The van der Waals surface area contributed by atoms with Crippen molar-refractivity contribution in [3.63, 3.8) is 0 Å². The van der Waals surface area contributed by atoms with Gasteiger partial charge in [0, 0.05) is 24.3 Å². The molecule has 3 rings (SSSR count). The number of nitrogens with zero attached hydrogens (tertiary/aromatic N) is 1. The molecule has 0 aromatic heterocycles. The normalized spacial score (nSPS) is 16.1. The first-order valence-electron chi connectivity index (χ1n) is 10.3. The maximum Gasteiger partial charge on any atom is 0.251 e. The lowest BCUT2D eigenvalue weighted by molar-refractivity contribution is 0.0940. The molecule has 1 fully saturated rings. The van der Waals surface area contributed by atoms with Crippen LogP contribution in [0.2, 0.25) is 0 Å². The van der Waals surface area contributed by atoms with E-state index in [0.717, 1.165) is 30.3 Å². The number of hydrogen-bond donors (Lipinski definition) is 1. The van der Waals surface area contributed by atoms with Gasteiger partial charge in [0.1, 0.15) is 5.75 Å². The topological polar surface area (TPSA) is 41.6 Å². The predicted octanol–water partition coefficient (Wildman–Crippen LogP) is 5.20. The van der Waals surface area contributed by atoms with Crippen molar-refractivity contribution >= 4 is 11.6 Å². The third kappa shape index (κ3) is 5.28. The molecular weight excluding hydrogens is 348 g/mol. The van der Waals surface area contributed by atoms with Gasteiger partial charge < -0.3 is 15.0 Å². The van der Waals surface area contributed by atoms with E-state index in [4.69, 9.17) is 4.74 Å². The Bertz CT molecular complexity index is 760. The number of hydrogen-bond acceptors (Lipinski definition) is 3. The summed E-state index contributed by atoms with van der Waals surface area (Å²) in [6.07, 6.45) is 2.64. The molecule has 4 heteroatoms. The first kappa shape index (κ1) is 20.2. The van der Waals surface area contributed by atoms with E-state index in [9.17, 15) is 4.79 Å². The van der Waals surface area contributed by atoms with Gasteiger partial charge in [-0.2, -0.15) is 0 Å². The lowest BCUT2D eigenvalue weighted by Crippen LogP contribution is -2.32. The van der Waals surface area contributed by atoms with E-state index in [-0.39, 0.29) is 18.1 Å². The van der Waals surface area contributed by atoms with Gasteiger partial charge in [0.2, 0.25) is 0 Å². The molecule has 0 unspecified atom stereocenters. The van der Waals surface area contributed by atoms with Crippen molar-refractivity contribution in [2.45, 2.75) is 52.7 Å². The Morgan fingerprint density at radius 2 is 1.61 bits per heavy atom. The lowest BCUT2D eigenvalue weighted by atomic mass is 9.98. The quantitative estimate of drug-likeness (QED) is 0.749. The molecule has 1 aliphatic rings. The molecule has 28 heavy (non-hydrogen) atoms. The number of piperidine rings is 1. The first-order chi connectivity index (χ1) is 13.4. The molecule has 1 aliphatic heterocycles. The van der Waals surface area contributed by atoms with Crippen molar-refractivity contribution in [2.24, 2.45) is 5.92 Å². The average Bonchev–Trinajstić information content (AvgIpc) is 2.69. The van der Waals surface area contributed by atoms with E-state index >= 15 is 0 Å². The highest BCUT2D eigenvalue weighted by atomic mass is 16.5. The molecule has 4 nitrogen and oxygen atoms in total. The van der Waals surface area contributed by atoms with Crippen molar-refractivity contribution in [3.8, 4) is 5.75 Å². The lowest BCUT2D eigenvalue weighted by Gasteiger charge is -2.32. The number of amides is 1. The number of ether oxygens (including phenoxy) is 1. The highest BCUT2D eigenvalue weighted by Gasteiger charge is 2.17. The molecule has 1 atom stereocenters. The summed E-state index contributed by atoms with van der Waals surface area (Å²) < 4.78 is 5.63. The van der Waals surface area contributed by atoms with Gasteiger partial charge in [-0.1, -0.05) is 19.1 Å². The molecule has 1 amide bonds. The van der Waals surface area contributed by atoms with Crippen molar-refractivity contribution < 1.29 is 9.53 Å². The van der Waals surface area contributed by atoms with Crippen LogP contribution in [0.1, 0.15) is 62.5 Å². The molecule has 0 spiro atoms. The van der Waals surface area contributed by atoms with Gasteiger partial charge in [0.25, 0.3) is 5.91 Å². The Morgan fingerprint density at radius 1 is 1.00 bits per heavy atom. The summed E-state index contributed by atoms with van der Waals surface area (Å²) in [6, 6.07) is 15.8. The van der Waals surface area contributed by atoms with Gasteiger partial charge in [0.15, 0.2) is 0 Å². The van der Waals surface area contributed by atoms with E-state index in [1.54, 1.807) is 12.1 Å². The fourth-order valence-corrected chi connectivity index (χ4v) is 3.56. The van der Waals surface area contributed by atoms with E-state index < -0.39 is 0 Å². The smallest absolute Gasteiger partial charge is 0.251 e. The van der Waals surface area contributed by atoms with Crippen LogP contribution in [-0.4, -0.2) is 25.1 Å². The summed E-state index contributed by atoms with van der Waals surface area (Å²) in [5, 5.41) is 3.08. The molecular formula is C24H32N2O2. The number of carbonyl (C=O) groups is 1. The monoisotopic (exact) mass is 380 g/mol. The Morgan fingerprint density at radius 3 is 2.18 bits per heavy atom. The first-order valence-corrected chi connectivity index (χ1v) is 10.3. The second-order valence-electron chi connectivity index (χ2n) is 8.15. The molecule has 150 valence electrons. The van der Waals surface area contributed by atoms with Gasteiger partial charge >= 0.3 is 0 Å². The summed E-state index contributed by atoms with van der Waals surface area (Å²) in [7, 11) is 0. The fourth-order valence-electron chi connectivity index (χ4n) is 3.56. The molecule has 1 N–H and O–H groups in total. The molecule has 2 aromatic rings. The molecule has 0 bridgehead atoms. The van der Waals surface area contributed by atoms with Crippen LogP contribution in [0.25, 0.3) is 0 Å². The third-order valence-corrected chi connectivity index (χ3v) is 5.38. The van der Waals surface area contributed by atoms with Gasteiger partial charge in [-0.05, 0) is 81.5 Å². The van der Waals surface area contributed by atoms with Crippen LogP contribution in [0, 0.1) is 5.92 Å². The van der Waals surface area contributed by atoms with E-state index in [1.807, 2.05) is 32.9 Å². The van der Waals surface area contributed by atoms with Crippen LogP contribution in [0.15, 0.2) is 48.5 Å². The zero-order chi connectivity index (χ0) is 20.1. The molecule has 1 saturated heterocycles. The van der Waals surface area contributed by atoms with Gasteiger partial charge in [-0.25, -0.2) is 0 Å². The summed E-state index contributed by atoms with van der Waals surface area (Å²) in [4.78, 5) is 15.0. The van der Waals surface area contributed by atoms with E-state index in [2.05, 4.69) is 41.4 Å². The van der Waals surface area contributed by atoms with Crippen molar-refractivity contribution in [1.82, 2.24) is 5.32 Å². The largest absolute Gasteiger partial charge is 0.491 e. The Labute approximate surface area is 168 Å². The molecule has 0 aliphatic carbocycles. The van der Waals surface area contributed by atoms with Gasteiger partial charge in [-0.3, -0.25) is 4.79 Å². The number of nitrogens with one attached hydrogen (secondary N) is 1. The Hall–Kier alpha value is -2.49. The van der Waals surface area contributed by atoms with Crippen molar-refractivity contribution in [2.75, 3.05) is 18.0 Å². The fraction of sp³-hybridized carbons (Fsp3) is 0.458. The summed E-state index contributed by atoms with van der Waals surface area (Å²) in [5.74, 6) is 1.54. The van der Waals surface area contributed by atoms with E-state index in [0.29, 0.717) is 5.56 Å². The van der Waals surface area contributed by atoms with E-state index in [1.165, 1.54) is 18.5 Å². The van der Waals surface area contributed by atoms with Crippen LogP contribution in [0.4, 0.5) is 5.69 Å². The minimum atomic E-state index is -0.0716. The van der Waals surface area contributed by atoms with Crippen molar-refractivity contribution in [1.29, 1.82) is 0 Å². The van der Waals surface area contributed by atoms with Crippen LogP contribution < -0.4 is 15.0 Å². The zero-order valence-corrected chi connectivity index (χ0v) is 17.4. The van der Waals surface area contributed by atoms with Gasteiger partial charge in [0.05, 0.1) is 12.1 Å². The van der Waals surface area contributed by atoms with Crippen LogP contribution in [-0.2, 0) is 0 Å². The minimum absolute atomic E-state index is 0.0467. The van der Waals surface area contributed by atoms with Crippen molar-refractivity contribution in [3.05, 3.63) is 59.7 Å². The summed E-state index contributed by atoms with van der Waals surface area (Å²) in [5.41, 5.74) is 3.03. The summed E-state index contributed by atoms with van der Waals surface area (Å²) >= 11 is 0. The second-order valence-corrected chi connectivity index (χ2v) is 8.15.